The van der Waals surface area contributed by atoms with Crippen molar-refractivity contribution in [3.63, 3.8) is 0 Å². The number of hydrogen-bond acceptors (Lipinski definition) is 5. The van der Waals surface area contributed by atoms with Gasteiger partial charge >= 0.3 is 5.97 Å². The van der Waals surface area contributed by atoms with Gasteiger partial charge in [0.2, 0.25) is 0 Å². The molecule has 114 valence electrons. The van der Waals surface area contributed by atoms with Crippen LogP contribution >= 0.6 is 11.6 Å². The highest BCUT2D eigenvalue weighted by Crippen LogP contribution is 2.34. The maximum Gasteiger partial charge on any atom is 0.336 e. The summed E-state index contributed by atoms with van der Waals surface area (Å²) in [4.78, 5) is 22.0. The van der Waals surface area contributed by atoms with Gasteiger partial charge < -0.3 is 14.7 Å². The lowest BCUT2D eigenvalue weighted by Gasteiger charge is -2.32. The smallest absolute Gasteiger partial charge is 0.336 e. The Morgan fingerprint density at radius 1 is 1.27 bits per heavy atom. The fraction of sp³-hybridized carbons (Fsp3) is 0.267. The van der Waals surface area contributed by atoms with Gasteiger partial charge in [0.25, 0.3) is 0 Å². The van der Waals surface area contributed by atoms with Crippen molar-refractivity contribution in [2.24, 2.45) is 0 Å². The summed E-state index contributed by atoms with van der Waals surface area (Å²) in [5.41, 5.74) is 1.18. The third-order valence-corrected chi connectivity index (χ3v) is 3.85. The highest BCUT2D eigenvalue weighted by Gasteiger charge is 2.21. The van der Waals surface area contributed by atoms with E-state index in [1.54, 1.807) is 18.3 Å². The molecule has 0 unspecified atom stereocenters. The van der Waals surface area contributed by atoms with Gasteiger partial charge in [-0.2, -0.15) is 0 Å². The van der Waals surface area contributed by atoms with E-state index in [-0.39, 0.29) is 10.7 Å². The zero-order valence-electron chi connectivity index (χ0n) is 11.9. The van der Waals surface area contributed by atoms with Crippen LogP contribution < -0.4 is 9.64 Å². The summed E-state index contributed by atoms with van der Waals surface area (Å²) >= 11 is 5.93. The van der Waals surface area contributed by atoms with Crippen LogP contribution in [0.1, 0.15) is 16.8 Å². The first-order valence-electron chi connectivity index (χ1n) is 6.78. The minimum Gasteiger partial charge on any atom is -0.494 e. The molecule has 22 heavy (non-hydrogen) atoms. The van der Waals surface area contributed by atoms with E-state index in [4.69, 9.17) is 16.3 Å². The van der Waals surface area contributed by atoms with Crippen LogP contribution in [0.2, 0.25) is 5.15 Å². The maximum absolute atomic E-state index is 11.6. The Kier molecular flexibility index (Phi) is 3.85. The highest BCUT2D eigenvalue weighted by atomic mass is 35.5. The summed E-state index contributed by atoms with van der Waals surface area (Å²) < 4.78 is 5.25. The molecule has 0 radical (unpaired) electrons. The van der Waals surface area contributed by atoms with Gasteiger partial charge in [0.05, 0.1) is 18.9 Å². The number of hydrogen-bond donors (Lipinski definition) is 1. The molecule has 1 aliphatic heterocycles. The SMILES string of the molecule is COc1cnc(Cl)cc1-c1cnc(N2CCC2)cc1C(=O)O. The molecule has 0 aromatic carbocycles. The summed E-state index contributed by atoms with van der Waals surface area (Å²) in [6.07, 6.45) is 4.11. The molecule has 3 heterocycles. The van der Waals surface area contributed by atoms with E-state index in [1.165, 1.54) is 13.3 Å². The Balaban J connectivity index is 2.13. The van der Waals surface area contributed by atoms with Crippen LogP contribution in [0.15, 0.2) is 24.5 Å². The van der Waals surface area contributed by atoms with Crippen LogP contribution in [0.5, 0.6) is 5.75 Å². The van der Waals surface area contributed by atoms with Crippen LogP contribution in [0.3, 0.4) is 0 Å². The number of aromatic nitrogens is 2. The van der Waals surface area contributed by atoms with Gasteiger partial charge in [-0.3, -0.25) is 0 Å². The number of anilines is 1. The number of methoxy groups -OCH3 is 1. The molecule has 0 atom stereocenters. The van der Waals surface area contributed by atoms with Crippen LogP contribution in [0.4, 0.5) is 5.82 Å². The largest absolute Gasteiger partial charge is 0.494 e. The maximum atomic E-state index is 11.6. The number of aromatic carboxylic acids is 1. The van der Waals surface area contributed by atoms with Gasteiger partial charge in [0.1, 0.15) is 16.7 Å². The van der Waals surface area contributed by atoms with E-state index in [0.29, 0.717) is 22.7 Å². The first kappa shape index (κ1) is 14.6. The molecule has 0 saturated carbocycles. The van der Waals surface area contributed by atoms with Crippen molar-refractivity contribution >= 4 is 23.4 Å². The Hall–Kier alpha value is -2.34. The fourth-order valence-corrected chi connectivity index (χ4v) is 2.50. The van der Waals surface area contributed by atoms with Crippen molar-refractivity contribution in [3.05, 3.63) is 35.2 Å². The first-order chi connectivity index (χ1) is 10.6. The molecule has 0 aliphatic carbocycles. The lowest BCUT2D eigenvalue weighted by Crippen LogP contribution is -2.37. The number of carboxylic acid groups (broad SMARTS) is 1. The van der Waals surface area contributed by atoms with Gasteiger partial charge in [-0.05, 0) is 18.6 Å². The Morgan fingerprint density at radius 3 is 2.64 bits per heavy atom. The van der Waals surface area contributed by atoms with Crippen molar-refractivity contribution in [1.29, 1.82) is 0 Å². The topological polar surface area (TPSA) is 75.6 Å². The zero-order chi connectivity index (χ0) is 15.7. The second-order valence-corrected chi connectivity index (χ2v) is 5.33. The third-order valence-electron chi connectivity index (χ3n) is 3.64. The fourth-order valence-electron chi connectivity index (χ4n) is 2.34. The van der Waals surface area contributed by atoms with Gasteiger partial charge in [-0.25, -0.2) is 14.8 Å². The predicted octanol–water partition coefficient (Wildman–Crippen LogP) is 2.71. The van der Waals surface area contributed by atoms with E-state index in [9.17, 15) is 9.90 Å². The van der Waals surface area contributed by atoms with E-state index in [2.05, 4.69) is 9.97 Å². The molecule has 0 bridgehead atoms. The lowest BCUT2D eigenvalue weighted by molar-refractivity contribution is 0.0697. The summed E-state index contributed by atoms with van der Waals surface area (Å²) in [6.45, 7) is 1.80. The van der Waals surface area contributed by atoms with Crippen molar-refractivity contribution in [3.8, 4) is 16.9 Å². The third kappa shape index (κ3) is 2.57. The van der Waals surface area contributed by atoms with Gasteiger partial charge in [-0.1, -0.05) is 11.6 Å². The average Bonchev–Trinajstić information content (AvgIpc) is 2.45. The van der Waals surface area contributed by atoms with Crippen LogP contribution in [0, 0.1) is 0 Å². The molecule has 2 aromatic heterocycles. The molecule has 1 saturated heterocycles. The molecule has 7 heteroatoms. The highest BCUT2D eigenvalue weighted by molar-refractivity contribution is 6.29. The molecular weight excluding hydrogens is 306 g/mol. The Morgan fingerprint density at radius 2 is 2.05 bits per heavy atom. The molecule has 1 N–H and O–H groups in total. The minimum absolute atomic E-state index is 0.164. The van der Waals surface area contributed by atoms with Gasteiger partial charge in [0, 0.05) is 30.4 Å². The van der Waals surface area contributed by atoms with Crippen LogP contribution in [0.25, 0.3) is 11.1 Å². The summed E-state index contributed by atoms with van der Waals surface area (Å²) in [6, 6.07) is 3.16. The average molecular weight is 320 g/mol. The first-order valence-corrected chi connectivity index (χ1v) is 7.16. The quantitative estimate of drug-likeness (QED) is 0.873. The molecule has 1 fully saturated rings. The number of ether oxygens (including phenoxy) is 1. The summed E-state index contributed by atoms with van der Waals surface area (Å²) in [7, 11) is 1.50. The second-order valence-electron chi connectivity index (χ2n) is 4.94. The number of nitrogens with zero attached hydrogens (tertiary/aromatic N) is 3. The molecule has 0 amide bonds. The van der Waals surface area contributed by atoms with E-state index in [0.717, 1.165) is 19.5 Å². The normalized spacial score (nSPS) is 13.6. The zero-order valence-corrected chi connectivity index (χ0v) is 12.7. The van der Waals surface area contributed by atoms with Crippen molar-refractivity contribution < 1.29 is 14.6 Å². The minimum atomic E-state index is -1.02. The predicted molar refractivity (Wildman–Crippen MR) is 82.8 cm³/mol. The van der Waals surface area contributed by atoms with E-state index >= 15 is 0 Å². The number of carbonyl (C=O) groups is 1. The Labute approximate surface area is 132 Å². The van der Waals surface area contributed by atoms with E-state index < -0.39 is 5.97 Å². The summed E-state index contributed by atoms with van der Waals surface area (Å²) in [5, 5.41) is 9.78. The van der Waals surface area contributed by atoms with Crippen molar-refractivity contribution in [2.75, 3.05) is 25.1 Å². The van der Waals surface area contributed by atoms with Crippen molar-refractivity contribution in [1.82, 2.24) is 9.97 Å². The van der Waals surface area contributed by atoms with Crippen molar-refractivity contribution in [2.45, 2.75) is 6.42 Å². The number of pyridine rings is 2. The molecular formula is C15H14ClN3O3. The number of halogens is 1. The van der Waals surface area contributed by atoms with Gasteiger partial charge in [0.15, 0.2) is 0 Å². The van der Waals surface area contributed by atoms with Crippen LogP contribution in [-0.2, 0) is 0 Å². The molecule has 6 nitrogen and oxygen atoms in total. The lowest BCUT2D eigenvalue weighted by atomic mass is 10.0. The standard InChI is InChI=1S/C15H14ClN3O3/c1-22-12-8-17-13(16)5-9(12)11-7-18-14(19-3-2-4-19)6-10(11)15(20)21/h5-8H,2-4H2,1H3,(H,20,21). The molecule has 3 rings (SSSR count). The molecule has 2 aromatic rings. The van der Waals surface area contributed by atoms with E-state index in [1.807, 2.05) is 4.90 Å². The monoisotopic (exact) mass is 319 g/mol. The van der Waals surface area contributed by atoms with Crippen LogP contribution in [-0.4, -0.2) is 41.2 Å². The number of rotatable bonds is 4. The second kappa shape index (κ2) is 5.81. The summed E-state index contributed by atoms with van der Waals surface area (Å²) in [5.74, 6) is 0.103. The molecule has 0 spiro atoms. The van der Waals surface area contributed by atoms with Gasteiger partial charge in [-0.15, -0.1) is 0 Å². The molecule has 1 aliphatic rings. The number of carboxylic acids is 1. The Bertz CT molecular complexity index is 732.